The quantitative estimate of drug-likeness (QED) is 0.864. The zero-order valence-electron chi connectivity index (χ0n) is 13.5. The van der Waals surface area contributed by atoms with Crippen LogP contribution in [0.15, 0.2) is 18.2 Å². The van der Waals surface area contributed by atoms with Gasteiger partial charge in [0.1, 0.15) is 30.7 Å². The summed E-state index contributed by atoms with van der Waals surface area (Å²) in [5.74, 6) is 1.73. The van der Waals surface area contributed by atoms with E-state index in [9.17, 15) is 5.26 Å². The lowest BCUT2D eigenvalue weighted by Crippen LogP contribution is -2.28. The second kappa shape index (κ2) is 5.69. The van der Waals surface area contributed by atoms with Gasteiger partial charge in [-0.25, -0.2) is 4.98 Å². The van der Waals surface area contributed by atoms with Crippen molar-refractivity contribution in [1.82, 2.24) is 9.88 Å². The summed E-state index contributed by atoms with van der Waals surface area (Å²) in [5.41, 5.74) is 10.3. The van der Waals surface area contributed by atoms with E-state index in [0.717, 1.165) is 47.6 Å². The SMILES string of the molecule is CN1CCc2nc(N)c(C#N)c(-c3ccc4c(c3)OCCO4)c2C1. The van der Waals surface area contributed by atoms with Gasteiger partial charge in [0.15, 0.2) is 11.5 Å². The molecule has 2 N–H and O–H groups in total. The molecule has 0 aliphatic carbocycles. The number of nitrogens with two attached hydrogens (primary N) is 1. The first-order valence-electron chi connectivity index (χ1n) is 7.97. The predicted molar refractivity (Wildman–Crippen MR) is 89.8 cm³/mol. The third kappa shape index (κ3) is 2.34. The highest BCUT2D eigenvalue weighted by Gasteiger charge is 2.25. The number of rotatable bonds is 1. The number of nitrogens with zero attached hydrogens (tertiary/aromatic N) is 3. The average molecular weight is 322 g/mol. The summed E-state index contributed by atoms with van der Waals surface area (Å²) in [4.78, 5) is 6.69. The third-order valence-electron chi connectivity index (χ3n) is 4.51. The van der Waals surface area contributed by atoms with E-state index in [1.165, 1.54) is 0 Å². The number of hydrogen-bond donors (Lipinski definition) is 1. The second-order valence-corrected chi connectivity index (χ2v) is 6.13. The first-order chi connectivity index (χ1) is 11.7. The fourth-order valence-electron chi connectivity index (χ4n) is 3.35. The van der Waals surface area contributed by atoms with Gasteiger partial charge in [0, 0.05) is 30.8 Å². The van der Waals surface area contributed by atoms with Crippen molar-refractivity contribution in [2.75, 3.05) is 32.5 Å². The number of pyridine rings is 1. The van der Waals surface area contributed by atoms with Gasteiger partial charge in [-0.2, -0.15) is 5.26 Å². The molecule has 2 aromatic rings. The number of nitrogen functional groups attached to an aromatic ring is 1. The Bertz CT molecular complexity index is 857. The zero-order valence-corrected chi connectivity index (χ0v) is 13.5. The van der Waals surface area contributed by atoms with E-state index in [0.29, 0.717) is 30.3 Å². The molecule has 24 heavy (non-hydrogen) atoms. The summed E-state index contributed by atoms with van der Waals surface area (Å²) >= 11 is 0. The number of hydrogen-bond acceptors (Lipinski definition) is 6. The fraction of sp³-hybridized carbons (Fsp3) is 0.333. The van der Waals surface area contributed by atoms with E-state index < -0.39 is 0 Å². The average Bonchev–Trinajstić information content (AvgIpc) is 2.60. The molecule has 0 saturated heterocycles. The third-order valence-corrected chi connectivity index (χ3v) is 4.51. The molecule has 4 rings (SSSR count). The molecule has 0 unspecified atom stereocenters. The van der Waals surface area contributed by atoms with Crippen LogP contribution in [0, 0.1) is 11.3 Å². The minimum Gasteiger partial charge on any atom is -0.486 e. The fourth-order valence-corrected chi connectivity index (χ4v) is 3.35. The van der Waals surface area contributed by atoms with E-state index in [-0.39, 0.29) is 0 Å². The summed E-state index contributed by atoms with van der Waals surface area (Å²) in [6.07, 6.45) is 0.833. The molecule has 0 spiro atoms. The Hall–Kier alpha value is -2.78. The molecule has 0 saturated carbocycles. The van der Waals surface area contributed by atoms with E-state index in [1.54, 1.807) is 0 Å². The maximum Gasteiger partial charge on any atom is 0.161 e. The Balaban J connectivity index is 1.94. The number of benzene rings is 1. The van der Waals surface area contributed by atoms with Gasteiger partial charge in [-0.1, -0.05) is 6.07 Å². The molecule has 2 aliphatic rings. The van der Waals surface area contributed by atoms with Crippen LogP contribution in [0.4, 0.5) is 5.82 Å². The van der Waals surface area contributed by atoms with Gasteiger partial charge in [-0.3, -0.25) is 0 Å². The van der Waals surface area contributed by atoms with Gasteiger partial charge in [-0.05, 0) is 30.3 Å². The topological polar surface area (TPSA) is 84.4 Å². The van der Waals surface area contributed by atoms with Gasteiger partial charge >= 0.3 is 0 Å². The molecule has 6 nitrogen and oxygen atoms in total. The minimum absolute atomic E-state index is 0.297. The standard InChI is InChI=1S/C18H18N4O2/c1-22-5-4-14-13(10-22)17(12(9-19)18(20)21-14)11-2-3-15-16(8-11)24-7-6-23-15/h2-3,8H,4-7,10H2,1H3,(H2,20,21). The van der Waals surface area contributed by atoms with Crippen LogP contribution in [0.2, 0.25) is 0 Å². The summed E-state index contributed by atoms with van der Waals surface area (Å²) in [7, 11) is 2.07. The molecular formula is C18H18N4O2. The van der Waals surface area contributed by atoms with E-state index >= 15 is 0 Å². The number of ether oxygens (including phenoxy) is 2. The van der Waals surface area contributed by atoms with Crippen molar-refractivity contribution in [3.63, 3.8) is 0 Å². The number of anilines is 1. The molecular weight excluding hydrogens is 304 g/mol. The smallest absolute Gasteiger partial charge is 0.161 e. The summed E-state index contributed by atoms with van der Waals surface area (Å²) in [6.45, 7) is 2.77. The number of likely N-dealkylation sites (N-methyl/N-ethyl adjacent to an activating group) is 1. The van der Waals surface area contributed by atoms with Crippen LogP contribution < -0.4 is 15.2 Å². The van der Waals surface area contributed by atoms with Crippen LogP contribution in [-0.4, -0.2) is 36.7 Å². The highest BCUT2D eigenvalue weighted by Crippen LogP contribution is 2.39. The number of fused-ring (bicyclic) bond motifs is 2. The number of aromatic nitrogens is 1. The van der Waals surface area contributed by atoms with Gasteiger partial charge in [-0.15, -0.1) is 0 Å². The lowest BCUT2D eigenvalue weighted by atomic mass is 9.91. The van der Waals surface area contributed by atoms with E-state index in [1.807, 2.05) is 18.2 Å². The van der Waals surface area contributed by atoms with Gasteiger partial charge < -0.3 is 20.1 Å². The lowest BCUT2D eigenvalue weighted by Gasteiger charge is -2.28. The summed E-state index contributed by atoms with van der Waals surface area (Å²) in [5, 5.41) is 9.63. The van der Waals surface area contributed by atoms with E-state index in [2.05, 4.69) is 23.0 Å². The molecule has 122 valence electrons. The van der Waals surface area contributed by atoms with Gasteiger partial charge in [0.2, 0.25) is 0 Å². The van der Waals surface area contributed by atoms with E-state index in [4.69, 9.17) is 15.2 Å². The first-order valence-corrected chi connectivity index (χ1v) is 7.97. The maximum atomic E-state index is 9.63. The van der Waals surface area contributed by atoms with Crippen LogP contribution in [0.3, 0.4) is 0 Å². The van der Waals surface area contributed by atoms with Crippen molar-refractivity contribution in [2.24, 2.45) is 0 Å². The summed E-state index contributed by atoms with van der Waals surface area (Å²) in [6, 6.07) is 8.00. The summed E-state index contributed by atoms with van der Waals surface area (Å²) < 4.78 is 11.3. The predicted octanol–water partition coefficient (Wildman–Crippen LogP) is 1.96. The molecule has 1 aromatic heterocycles. The zero-order chi connectivity index (χ0) is 16.7. The van der Waals surface area contributed by atoms with Crippen LogP contribution in [0.5, 0.6) is 11.5 Å². The molecule has 6 heteroatoms. The highest BCUT2D eigenvalue weighted by atomic mass is 16.6. The molecule has 1 aromatic carbocycles. The van der Waals surface area contributed by atoms with Crippen LogP contribution in [0.25, 0.3) is 11.1 Å². The normalized spacial score (nSPS) is 16.3. The maximum absolute atomic E-state index is 9.63. The highest BCUT2D eigenvalue weighted by molar-refractivity contribution is 5.80. The van der Waals surface area contributed by atoms with Crippen LogP contribution >= 0.6 is 0 Å². The molecule has 0 amide bonds. The second-order valence-electron chi connectivity index (χ2n) is 6.13. The van der Waals surface area contributed by atoms with Crippen LogP contribution in [-0.2, 0) is 13.0 Å². The largest absolute Gasteiger partial charge is 0.486 e. The Morgan fingerprint density at radius 2 is 2.04 bits per heavy atom. The minimum atomic E-state index is 0.297. The Labute approximate surface area is 140 Å². The van der Waals surface area contributed by atoms with Crippen molar-refractivity contribution in [3.05, 3.63) is 35.0 Å². The van der Waals surface area contributed by atoms with Gasteiger partial charge in [0.25, 0.3) is 0 Å². The molecule has 0 bridgehead atoms. The first kappa shape index (κ1) is 14.8. The molecule has 3 heterocycles. The van der Waals surface area contributed by atoms with Gasteiger partial charge in [0.05, 0.1) is 0 Å². The van der Waals surface area contributed by atoms with Crippen LogP contribution in [0.1, 0.15) is 16.8 Å². The number of nitriles is 1. The van der Waals surface area contributed by atoms with Crippen molar-refractivity contribution in [1.29, 1.82) is 5.26 Å². The van der Waals surface area contributed by atoms with Crippen molar-refractivity contribution in [3.8, 4) is 28.7 Å². The Kier molecular flexibility index (Phi) is 3.51. The van der Waals surface area contributed by atoms with Crippen molar-refractivity contribution >= 4 is 5.82 Å². The molecule has 0 atom stereocenters. The molecule has 2 aliphatic heterocycles. The van der Waals surface area contributed by atoms with Crippen molar-refractivity contribution < 1.29 is 9.47 Å². The van der Waals surface area contributed by atoms with Crippen molar-refractivity contribution in [2.45, 2.75) is 13.0 Å². The lowest BCUT2D eigenvalue weighted by molar-refractivity contribution is 0.171. The monoisotopic (exact) mass is 322 g/mol. The molecule has 0 fully saturated rings. The molecule has 0 radical (unpaired) electrons. The Morgan fingerprint density at radius 1 is 1.25 bits per heavy atom. The Morgan fingerprint density at radius 3 is 2.83 bits per heavy atom.